The van der Waals surface area contributed by atoms with Crippen LogP contribution in [-0.2, 0) is 6.54 Å². The van der Waals surface area contributed by atoms with Crippen LogP contribution in [-0.4, -0.2) is 27.2 Å². The highest BCUT2D eigenvalue weighted by molar-refractivity contribution is 5.94. The molecule has 0 radical (unpaired) electrons. The number of aryl methyl sites for hydroxylation is 1. The molecule has 1 saturated carbocycles. The maximum Gasteiger partial charge on any atom is 0.251 e. The molecule has 1 fully saturated rings. The molecule has 0 unspecified atom stereocenters. The van der Waals surface area contributed by atoms with Gasteiger partial charge in [0.15, 0.2) is 0 Å². The van der Waals surface area contributed by atoms with Crippen LogP contribution in [0.15, 0.2) is 30.6 Å². The van der Waals surface area contributed by atoms with E-state index < -0.39 is 0 Å². The van der Waals surface area contributed by atoms with Crippen molar-refractivity contribution in [2.24, 2.45) is 0 Å². The van der Waals surface area contributed by atoms with Crippen LogP contribution in [0.2, 0.25) is 0 Å². The predicted octanol–water partition coefficient (Wildman–Crippen LogP) is 1.89. The maximum atomic E-state index is 12.1. The lowest BCUT2D eigenvalue weighted by molar-refractivity contribution is 0.0952. The molecule has 0 spiro atoms. The third-order valence-electron chi connectivity index (χ3n) is 3.64. The number of benzene rings is 1. The molecule has 104 valence electrons. The number of carbonyl (C=O) groups excluding carboxylic acids is 1. The van der Waals surface area contributed by atoms with Crippen molar-refractivity contribution >= 4 is 5.91 Å². The van der Waals surface area contributed by atoms with Crippen LogP contribution in [0.1, 0.15) is 40.5 Å². The van der Waals surface area contributed by atoms with Crippen molar-refractivity contribution in [3.63, 3.8) is 0 Å². The van der Waals surface area contributed by atoms with Crippen LogP contribution in [0, 0.1) is 6.92 Å². The smallest absolute Gasteiger partial charge is 0.251 e. The first-order chi connectivity index (χ1) is 9.74. The van der Waals surface area contributed by atoms with Crippen molar-refractivity contribution in [1.82, 2.24) is 20.1 Å². The van der Waals surface area contributed by atoms with Crippen molar-refractivity contribution in [3.05, 3.63) is 47.5 Å². The quantitative estimate of drug-likeness (QED) is 0.902. The molecule has 0 atom stereocenters. The van der Waals surface area contributed by atoms with Gasteiger partial charge in [0.2, 0.25) is 0 Å². The molecule has 1 aromatic carbocycles. The minimum absolute atomic E-state index is 0.0155. The van der Waals surface area contributed by atoms with Gasteiger partial charge in [0.25, 0.3) is 5.91 Å². The van der Waals surface area contributed by atoms with Crippen LogP contribution in [0.3, 0.4) is 0 Å². The molecular formula is C15H18N4O. The van der Waals surface area contributed by atoms with Gasteiger partial charge in [-0.15, -0.1) is 10.2 Å². The van der Waals surface area contributed by atoms with Gasteiger partial charge in [0.05, 0.1) is 0 Å². The summed E-state index contributed by atoms with van der Waals surface area (Å²) >= 11 is 0. The van der Waals surface area contributed by atoms with Crippen LogP contribution in [0.25, 0.3) is 0 Å². The summed E-state index contributed by atoms with van der Waals surface area (Å²) in [7, 11) is 0. The lowest BCUT2D eigenvalue weighted by atomic mass is 10.1. The number of aromatic nitrogens is 3. The zero-order chi connectivity index (χ0) is 13.9. The van der Waals surface area contributed by atoms with Gasteiger partial charge in [-0.3, -0.25) is 4.79 Å². The van der Waals surface area contributed by atoms with E-state index in [0.29, 0.717) is 19.0 Å². The van der Waals surface area contributed by atoms with Crippen LogP contribution in [0.5, 0.6) is 0 Å². The summed E-state index contributed by atoms with van der Waals surface area (Å²) in [6.45, 7) is 3.16. The molecule has 3 rings (SSSR count). The van der Waals surface area contributed by atoms with Gasteiger partial charge >= 0.3 is 0 Å². The second-order valence-corrected chi connectivity index (χ2v) is 5.23. The second kappa shape index (κ2) is 5.45. The first kappa shape index (κ1) is 12.8. The molecule has 5 heteroatoms. The topological polar surface area (TPSA) is 59.8 Å². The lowest BCUT2D eigenvalue weighted by Gasteiger charge is -2.07. The molecule has 5 nitrogen and oxygen atoms in total. The summed E-state index contributed by atoms with van der Waals surface area (Å²) in [5.41, 5.74) is 2.03. The number of amides is 1. The molecule has 1 amide bonds. The maximum absolute atomic E-state index is 12.1. The highest BCUT2D eigenvalue weighted by Gasteiger charge is 2.23. The highest BCUT2D eigenvalue weighted by atomic mass is 16.1. The summed E-state index contributed by atoms with van der Waals surface area (Å²) in [4.78, 5) is 12.1. The van der Waals surface area contributed by atoms with Crippen LogP contribution >= 0.6 is 0 Å². The summed E-state index contributed by atoms with van der Waals surface area (Å²) in [6, 6.07) is 7.95. The van der Waals surface area contributed by atoms with E-state index in [-0.39, 0.29) is 5.91 Å². The van der Waals surface area contributed by atoms with E-state index in [9.17, 15) is 4.79 Å². The van der Waals surface area contributed by atoms with Crippen molar-refractivity contribution in [1.29, 1.82) is 0 Å². The fraction of sp³-hybridized carbons (Fsp3) is 0.400. The molecule has 0 aliphatic heterocycles. The van der Waals surface area contributed by atoms with E-state index in [1.807, 2.05) is 29.7 Å². The molecule has 1 N–H and O–H groups in total. The average molecular weight is 270 g/mol. The largest absolute Gasteiger partial charge is 0.350 e. The Balaban J connectivity index is 1.56. The zero-order valence-electron chi connectivity index (χ0n) is 11.5. The first-order valence-electron chi connectivity index (χ1n) is 6.96. The van der Waals surface area contributed by atoms with Gasteiger partial charge in [-0.1, -0.05) is 12.1 Å². The number of hydrogen-bond donors (Lipinski definition) is 1. The lowest BCUT2D eigenvalue weighted by Crippen LogP contribution is -2.27. The Hall–Kier alpha value is -2.17. The zero-order valence-corrected chi connectivity index (χ0v) is 11.5. The number of carbonyl (C=O) groups is 1. The Kier molecular flexibility index (Phi) is 3.50. The van der Waals surface area contributed by atoms with Gasteiger partial charge < -0.3 is 9.88 Å². The Bertz CT molecular complexity index is 616. The van der Waals surface area contributed by atoms with E-state index in [4.69, 9.17) is 0 Å². The Morgan fingerprint density at radius 1 is 1.45 bits per heavy atom. The summed E-state index contributed by atoms with van der Waals surface area (Å²) in [5, 5.41) is 10.7. The SMILES string of the molecule is Cc1nncn1CCNC(=O)c1cccc(C2CC2)c1. The van der Waals surface area contributed by atoms with Crippen molar-refractivity contribution in [2.75, 3.05) is 6.54 Å². The van der Waals surface area contributed by atoms with Gasteiger partial charge in [0, 0.05) is 18.7 Å². The Morgan fingerprint density at radius 3 is 3.00 bits per heavy atom. The third kappa shape index (κ3) is 2.87. The summed E-state index contributed by atoms with van der Waals surface area (Å²) in [5.74, 6) is 1.51. The first-order valence-corrected chi connectivity index (χ1v) is 6.96. The molecule has 1 aliphatic carbocycles. The Labute approximate surface area is 118 Å². The molecule has 1 heterocycles. The van der Waals surface area contributed by atoms with Crippen molar-refractivity contribution in [2.45, 2.75) is 32.2 Å². The number of nitrogens with zero attached hydrogens (tertiary/aromatic N) is 3. The normalized spacial score (nSPS) is 14.2. The molecule has 2 aromatic rings. The number of hydrogen-bond acceptors (Lipinski definition) is 3. The van der Waals surface area contributed by atoms with Gasteiger partial charge in [0.1, 0.15) is 12.2 Å². The van der Waals surface area contributed by atoms with Crippen molar-refractivity contribution in [3.8, 4) is 0 Å². The molecule has 0 bridgehead atoms. The third-order valence-corrected chi connectivity index (χ3v) is 3.64. The van der Waals surface area contributed by atoms with E-state index in [1.165, 1.54) is 18.4 Å². The average Bonchev–Trinajstić information content (AvgIpc) is 3.24. The van der Waals surface area contributed by atoms with E-state index in [2.05, 4.69) is 21.6 Å². The fourth-order valence-electron chi connectivity index (χ4n) is 2.27. The van der Waals surface area contributed by atoms with Gasteiger partial charge in [-0.05, 0) is 43.4 Å². The van der Waals surface area contributed by atoms with Crippen LogP contribution < -0.4 is 5.32 Å². The van der Waals surface area contributed by atoms with E-state index >= 15 is 0 Å². The van der Waals surface area contributed by atoms with Gasteiger partial charge in [-0.2, -0.15) is 0 Å². The summed E-state index contributed by atoms with van der Waals surface area (Å²) < 4.78 is 1.92. The molecule has 1 aromatic heterocycles. The monoisotopic (exact) mass is 270 g/mol. The summed E-state index contributed by atoms with van der Waals surface area (Å²) in [6.07, 6.45) is 4.17. The molecule has 1 aliphatic rings. The minimum Gasteiger partial charge on any atom is -0.350 e. The standard InChI is InChI=1S/C15H18N4O/c1-11-18-17-10-19(11)8-7-16-15(20)14-4-2-3-13(9-14)12-5-6-12/h2-4,9-10,12H,5-8H2,1H3,(H,16,20). The van der Waals surface area contributed by atoms with Crippen molar-refractivity contribution < 1.29 is 4.79 Å². The highest BCUT2D eigenvalue weighted by Crippen LogP contribution is 2.40. The van der Waals surface area contributed by atoms with Gasteiger partial charge in [-0.25, -0.2) is 0 Å². The molecular weight excluding hydrogens is 252 g/mol. The van der Waals surface area contributed by atoms with E-state index in [0.717, 1.165) is 11.4 Å². The molecule has 0 saturated heterocycles. The number of rotatable bonds is 5. The fourth-order valence-corrected chi connectivity index (χ4v) is 2.27. The van der Waals surface area contributed by atoms with Crippen LogP contribution in [0.4, 0.5) is 0 Å². The molecule has 20 heavy (non-hydrogen) atoms. The Morgan fingerprint density at radius 2 is 2.30 bits per heavy atom. The number of nitrogens with one attached hydrogen (secondary N) is 1. The van der Waals surface area contributed by atoms with E-state index in [1.54, 1.807) is 6.33 Å². The predicted molar refractivity (Wildman–Crippen MR) is 75.5 cm³/mol. The minimum atomic E-state index is -0.0155. The second-order valence-electron chi connectivity index (χ2n) is 5.23.